The van der Waals surface area contributed by atoms with E-state index in [9.17, 15) is 14.9 Å². The molecule has 1 atom stereocenters. The molecule has 2 aromatic carbocycles. The largest absolute Gasteiger partial charge is 0.497 e. The van der Waals surface area contributed by atoms with Crippen molar-refractivity contribution in [3.63, 3.8) is 0 Å². The summed E-state index contributed by atoms with van der Waals surface area (Å²) in [7, 11) is 1.57. The monoisotopic (exact) mass is 418 g/mol. The molecule has 0 bridgehead atoms. The Labute approximate surface area is 173 Å². The predicted molar refractivity (Wildman–Crippen MR) is 108 cm³/mol. The van der Waals surface area contributed by atoms with E-state index in [1.165, 1.54) is 16.8 Å². The van der Waals surface area contributed by atoms with Crippen molar-refractivity contribution in [1.82, 2.24) is 30.4 Å². The zero-order valence-corrected chi connectivity index (χ0v) is 16.0. The van der Waals surface area contributed by atoms with Gasteiger partial charge in [-0.1, -0.05) is 5.10 Å². The van der Waals surface area contributed by atoms with Crippen LogP contribution >= 0.6 is 0 Å². The normalized spacial score (nSPS) is 14.3. The van der Waals surface area contributed by atoms with Gasteiger partial charge >= 0.3 is 0 Å². The van der Waals surface area contributed by atoms with Crippen LogP contribution in [0.1, 0.15) is 17.2 Å². The number of nitrogens with one attached hydrogen (secondary N) is 2. The number of nitro groups is 1. The molecule has 0 aliphatic carbocycles. The first kappa shape index (κ1) is 18.4. The number of fused-ring (bicyclic) bond motifs is 2. The standard InChI is InChI=1S/C19H14N8O4/c1-31-13-8-4-10(5-9-13)15-14-16(18(28)22-21-15)20-19-23-24-25-26(19)17(14)11-2-6-12(7-3-11)27(29)30/h2-9,17H,1H3,(H,22,28)(H,20,23,25). The average molecular weight is 418 g/mol. The van der Waals surface area contributed by atoms with Crippen LogP contribution in [-0.2, 0) is 0 Å². The lowest BCUT2D eigenvalue weighted by atomic mass is 9.92. The van der Waals surface area contributed by atoms with Crippen LogP contribution in [0.4, 0.5) is 17.3 Å². The molecular weight excluding hydrogens is 404 g/mol. The first-order valence-corrected chi connectivity index (χ1v) is 9.13. The third-order valence-corrected chi connectivity index (χ3v) is 5.05. The molecular formula is C19H14N8O4. The summed E-state index contributed by atoms with van der Waals surface area (Å²) in [6.07, 6.45) is 0. The summed E-state index contributed by atoms with van der Waals surface area (Å²) in [5.41, 5.74) is 2.22. The maximum absolute atomic E-state index is 12.6. The minimum atomic E-state index is -0.631. The first-order valence-electron chi connectivity index (χ1n) is 9.13. The van der Waals surface area contributed by atoms with Gasteiger partial charge in [0, 0.05) is 23.3 Å². The number of H-pyrrole nitrogens is 1. The molecule has 1 aliphatic rings. The average Bonchev–Trinajstić information content (AvgIpc) is 3.27. The Morgan fingerprint density at radius 1 is 1.13 bits per heavy atom. The third kappa shape index (κ3) is 2.97. The highest BCUT2D eigenvalue weighted by molar-refractivity contribution is 5.75. The van der Waals surface area contributed by atoms with E-state index in [-0.39, 0.29) is 17.3 Å². The number of rotatable bonds is 4. The smallest absolute Gasteiger partial charge is 0.288 e. The number of methoxy groups -OCH3 is 1. The summed E-state index contributed by atoms with van der Waals surface area (Å²) in [6.45, 7) is 0. The molecule has 2 aromatic heterocycles. The van der Waals surface area contributed by atoms with Crippen molar-refractivity contribution < 1.29 is 9.66 Å². The quantitative estimate of drug-likeness (QED) is 0.329. The van der Waals surface area contributed by atoms with Crippen LogP contribution in [0.2, 0.25) is 0 Å². The van der Waals surface area contributed by atoms with E-state index in [0.717, 1.165) is 5.56 Å². The molecule has 31 heavy (non-hydrogen) atoms. The van der Waals surface area contributed by atoms with Crippen LogP contribution < -0.4 is 15.6 Å². The number of non-ortho nitro benzene ring substituents is 1. The third-order valence-electron chi connectivity index (χ3n) is 5.05. The van der Waals surface area contributed by atoms with E-state index in [1.54, 1.807) is 31.4 Å². The lowest BCUT2D eigenvalue weighted by molar-refractivity contribution is -0.384. The Kier molecular flexibility index (Phi) is 4.17. The Hall–Kier alpha value is -4.61. The molecule has 12 nitrogen and oxygen atoms in total. The number of hydrogen-bond acceptors (Lipinski definition) is 9. The van der Waals surface area contributed by atoms with Crippen LogP contribution in [0.25, 0.3) is 11.3 Å². The summed E-state index contributed by atoms with van der Waals surface area (Å²) in [5, 5.41) is 32.5. The summed E-state index contributed by atoms with van der Waals surface area (Å²) >= 11 is 0. The van der Waals surface area contributed by atoms with Crippen molar-refractivity contribution in [2.45, 2.75) is 6.04 Å². The molecule has 0 saturated carbocycles. The lowest BCUT2D eigenvalue weighted by Gasteiger charge is -2.27. The molecule has 0 spiro atoms. The predicted octanol–water partition coefficient (Wildman–Crippen LogP) is 2.03. The first-order chi connectivity index (χ1) is 15.1. The van der Waals surface area contributed by atoms with Crippen molar-refractivity contribution in [2.24, 2.45) is 0 Å². The molecule has 5 rings (SSSR count). The van der Waals surface area contributed by atoms with Gasteiger partial charge in [-0.05, 0) is 52.4 Å². The zero-order valence-electron chi connectivity index (χ0n) is 16.0. The number of benzene rings is 2. The number of aromatic nitrogens is 6. The van der Waals surface area contributed by atoms with E-state index >= 15 is 0 Å². The highest BCUT2D eigenvalue weighted by Crippen LogP contribution is 2.41. The minimum Gasteiger partial charge on any atom is -0.497 e. The summed E-state index contributed by atoms with van der Waals surface area (Å²) in [5.74, 6) is 0.947. The molecule has 1 aliphatic heterocycles. The number of aromatic amines is 1. The van der Waals surface area contributed by atoms with Crippen molar-refractivity contribution in [2.75, 3.05) is 12.4 Å². The molecule has 0 saturated heterocycles. The zero-order chi connectivity index (χ0) is 21.5. The molecule has 0 fully saturated rings. The van der Waals surface area contributed by atoms with Gasteiger partial charge in [0.25, 0.3) is 11.2 Å². The van der Waals surface area contributed by atoms with Gasteiger partial charge in [0.1, 0.15) is 17.5 Å². The van der Waals surface area contributed by atoms with Crippen molar-refractivity contribution in [3.05, 3.63) is 80.1 Å². The molecule has 0 radical (unpaired) electrons. The fourth-order valence-corrected chi connectivity index (χ4v) is 3.59. The molecule has 4 aromatic rings. The number of ether oxygens (including phenoxy) is 1. The van der Waals surface area contributed by atoms with Crippen LogP contribution in [0.3, 0.4) is 0 Å². The Morgan fingerprint density at radius 3 is 2.55 bits per heavy atom. The number of nitro benzene ring substituents is 1. The van der Waals surface area contributed by atoms with E-state index in [2.05, 4.69) is 31.0 Å². The molecule has 0 amide bonds. The van der Waals surface area contributed by atoms with Crippen molar-refractivity contribution >= 4 is 17.3 Å². The molecule has 154 valence electrons. The second kappa shape index (κ2) is 7.02. The SMILES string of the molecule is COc1ccc(-c2n[nH]c(=O)c3c2C(c2ccc([N+](=O)[O-])cc2)n2nnnc2N3)cc1. The van der Waals surface area contributed by atoms with Crippen LogP contribution in [0.5, 0.6) is 5.75 Å². The van der Waals surface area contributed by atoms with E-state index < -0.39 is 16.5 Å². The van der Waals surface area contributed by atoms with Gasteiger partial charge in [-0.3, -0.25) is 14.9 Å². The Bertz CT molecular complexity index is 1340. The summed E-state index contributed by atoms with van der Waals surface area (Å²) in [4.78, 5) is 23.2. The van der Waals surface area contributed by atoms with Crippen LogP contribution in [-0.4, -0.2) is 42.4 Å². The fourth-order valence-electron chi connectivity index (χ4n) is 3.59. The number of tetrazole rings is 1. The summed E-state index contributed by atoms with van der Waals surface area (Å²) < 4.78 is 6.73. The van der Waals surface area contributed by atoms with E-state index in [4.69, 9.17) is 4.74 Å². The second-order valence-electron chi connectivity index (χ2n) is 6.74. The number of nitrogens with zero attached hydrogens (tertiary/aromatic N) is 6. The van der Waals surface area contributed by atoms with Gasteiger partial charge < -0.3 is 10.1 Å². The van der Waals surface area contributed by atoms with Crippen LogP contribution in [0, 0.1) is 10.1 Å². The highest BCUT2D eigenvalue weighted by Gasteiger charge is 2.34. The molecule has 3 heterocycles. The topological polar surface area (TPSA) is 154 Å². The van der Waals surface area contributed by atoms with Gasteiger partial charge in [0.15, 0.2) is 0 Å². The van der Waals surface area contributed by atoms with Gasteiger partial charge in [0.2, 0.25) is 5.95 Å². The number of hydrogen-bond donors (Lipinski definition) is 2. The summed E-state index contributed by atoms with van der Waals surface area (Å²) in [6, 6.07) is 12.6. The lowest BCUT2D eigenvalue weighted by Crippen LogP contribution is -2.29. The van der Waals surface area contributed by atoms with Gasteiger partial charge in [-0.15, -0.1) is 0 Å². The molecule has 1 unspecified atom stereocenters. The van der Waals surface area contributed by atoms with Gasteiger partial charge in [0.05, 0.1) is 17.7 Å². The van der Waals surface area contributed by atoms with Crippen molar-refractivity contribution in [1.29, 1.82) is 0 Å². The van der Waals surface area contributed by atoms with E-state index in [1.807, 2.05) is 12.1 Å². The fraction of sp³-hybridized carbons (Fsp3) is 0.105. The van der Waals surface area contributed by atoms with Gasteiger partial charge in [-0.2, -0.15) is 9.78 Å². The van der Waals surface area contributed by atoms with Gasteiger partial charge in [-0.25, -0.2) is 5.10 Å². The minimum absolute atomic E-state index is 0.0470. The number of anilines is 2. The Morgan fingerprint density at radius 2 is 1.87 bits per heavy atom. The maximum atomic E-state index is 12.6. The Balaban J connectivity index is 1.74. The van der Waals surface area contributed by atoms with Crippen LogP contribution in [0.15, 0.2) is 53.3 Å². The highest BCUT2D eigenvalue weighted by atomic mass is 16.6. The van der Waals surface area contributed by atoms with E-state index in [0.29, 0.717) is 22.6 Å². The maximum Gasteiger partial charge on any atom is 0.288 e. The molecule has 2 N–H and O–H groups in total. The molecule has 12 heteroatoms. The second-order valence-corrected chi connectivity index (χ2v) is 6.74. The van der Waals surface area contributed by atoms with Crippen molar-refractivity contribution in [3.8, 4) is 17.0 Å².